The van der Waals surface area contributed by atoms with Crippen LogP contribution in [0.5, 0.6) is 0 Å². The van der Waals surface area contributed by atoms with E-state index in [1.807, 2.05) is 43.3 Å². The Morgan fingerprint density at radius 1 is 1.17 bits per heavy atom. The van der Waals surface area contributed by atoms with Gasteiger partial charge in [0, 0.05) is 12.7 Å². The predicted octanol–water partition coefficient (Wildman–Crippen LogP) is 3.08. The van der Waals surface area contributed by atoms with Crippen LogP contribution >= 0.6 is 0 Å². The number of aliphatic hydroxyl groups is 1. The van der Waals surface area contributed by atoms with E-state index in [2.05, 4.69) is 29.5 Å². The van der Waals surface area contributed by atoms with Crippen LogP contribution in [0.4, 0.5) is 4.79 Å². The summed E-state index contributed by atoms with van der Waals surface area (Å²) in [5.74, 6) is 0.217. The molecular weight excluding hydrogens is 302 g/mol. The maximum absolute atomic E-state index is 12.3. The van der Waals surface area contributed by atoms with Gasteiger partial charge in [0.25, 0.3) is 0 Å². The fourth-order valence-electron chi connectivity index (χ4n) is 2.63. The summed E-state index contributed by atoms with van der Waals surface area (Å²) in [6, 6.07) is 11.0. The van der Waals surface area contributed by atoms with Crippen molar-refractivity contribution in [3.8, 4) is 0 Å². The Morgan fingerprint density at radius 2 is 1.88 bits per heavy atom. The smallest absolute Gasteiger partial charge is 0.315 e. The van der Waals surface area contributed by atoms with Gasteiger partial charge in [-0.15, -0.1) is 0 Å². The second-order valence-electron chi connectivity index (χ2n) is 6.18. The molecule has 5 nitrogen and oxygen atoms in total. The molecule has 0 aliphatic rings. The molecule has 1 aromatic carbocycles. The third-order valence-corrected chi connectivity index (χ3v) is 4.03. The summed E-state index contributed by atoms with van der Waals surface area (Å²) in [5, 5.41) is 15.2. The molecule has 0 spiro atoms. The molecule has 2 rings (SSSR count). The molecule has 0 radical (unpaired) electrons. The van der Waals surface area contributed by atoms with Crippen LogP contribution in [0.3, 0.4) is 0 Å². The first-order valence-electron chi connectivity index (χ1n) is 8.16. The van der Waals surface area contributed by atoms with Gasteiger partial charge < -0.3 is 15.7 Å². The number of carbonyl (C=O) groups is 1. The molecule has 1 unspecified atom stereocenters. The largest absolute Gasteiger partial charge is 0.392 e. The quantitative estimate of drug-likeness (QED) is 0.763. The van der Waals surface area contributed by atoms with Crippen LogP contribution < -0.4 is 10.6 Å². The van der Waals surface area contributed by atoms with E-state index in [0.717, 1.165) is 22.4 Å². The average Bonchev–Trinajstić information content (AvgIpc) is 2.58. The molecule has 0 aliphatic heterocycles. The van der Waals surface area contributed by atoms with E-state index >= 15 is 0 Å². The van der Waals surface area contributed by atoms with Gasteiger partial charge in [-0.3, -0.25) is 4.98 Å². The maximum atomic E-state index is 12.3. The molecule has 2 aromatic rings. The van der Waals surface area contributed by atoms with Crippen LogP contribution in [-0.4, -0.2) is 16.1 Å². The minimum atomic E-state index is -0.244. The minimum Gasteiger partial charge on any atom is -0.392 e. The number of hydrogen-bond acceptors (Lipinski definition) is 3. The number of aryl methyl sites for hydroxylation is 1. The SMILES string of the molecule is Cc1cccnc1C(NC(=O)NCc1ccccc1CO)C(C)C. The van der Waals surface area contributed by atoms with Crippen LogP contribution in [0.25, 0.3) is 0 Å². The third-order valence-electron chi connectivity index (χ3n) is 4.03. The topological polar surface area (TPSA) is 74.2 Å². The monoisotopic (exact) mass is 327 g/mol. The third kappa shape index (κ3) is 4.55. The normalized spacial score (nSPS) is 12.0. The van der Waals surface area contributed by atoms with Crippen molar-refractivity contribution in [2.24, 2.45) is 5.92 Å². The van der Waals surface area contributed by atoms with E-state index in [9.17, 15) is 9.90 Å². The zero-order valence-corrected chi connectivity index (χ0v) is 14.4. The van der Waals surface area contributed by atoms with Crippen molar-refractivity contribution in [2.45, 2.75) is 40.0 Å². The van der Waals surface area contributed by atoms with E-state index in [4.69, 9.17) is 0 Å². The first kappa shape index (κ1) is 17.9. The van der Waals surface area contributed by atoms with E-state index < -0.39 is 0 Å². The Labute approximate surface area is 143 Å². The summed E-state index contributed by atoms with van der Waals surface area (Å²) in [7, 11) is 0. The molecule has 128 valence electrons. The van der Waals surface area contributed by atoms with E-state index in [1.165, 1.54) is 0 Å². The molecule has 0 fully saturated rings. The number of hydrogen-bond donors (Lipinski definition) is 3. The molecule has 1 atom stereocenters. The number of carbonyl (C=O) groups excluding carboxylic acids is 1. The number of aromatic nitrogens is 1. The van der Waals surface area contributed by atoms with Crippen LogP contribution in [0.15, 0.2) is 42.6 Å². The Kier molecular flexibility index (Phi) is 6.32. The number of aliphatic hydroxyl groups excluding tert-OH is 1. The highest BCUT2D eigenvalue weighted by molar-refractivity contribution is 5.74. The van der Waals surface area contributed by atoms with E-state index in [-0.39, 0.29) is 24.6 Å². The first-order valence-corrected chi connectivity index (χ1v) is 8.16. The van der Waals surface area contributed by atoms with E-state index in [0.29, 0.717) is 6.54 Å². The predicted molar refractivity (Wildman–Crippen MR) is 94.3 cm³/mol. The van der Waals surface area contributed by atoms with Crippen molar-refractivity contribution in [3.63, 3.8) is 0 Å². The molecule has 1 aromatic heterocycles. The van der Waals surface area contributed by atoms with Gasteiger partial charge in [0.1, 0.15) is 0 Å². The van der Waals surface area contributed by atoms with Gasteiger partial charge in [0.05, 0.1) is 18.3 Å². The lowest BCUT2D eigenvalue weighted by Gasteiger charge is -2.23. The standard InChI is InChI=1S/C19H25N3O2/c1-13(2)17(18-14(3)7-6-10-20-18)22-19(24)21-11-15-8-4-5-9-16(15)12-23/h4-10,13,17,23H,11-12H2,1-3H3,(H2,21,22,24). The Hall–Kier alpha value is -2.40. The Morgan fingerprint density at radius 3 is 2.50 bits per heavy atom. The van der Waals surface area contributed by atoms with Crippen molar-refractivity contribution < 1.29 is 9.90 Å². The molecule has 3 N–H and O–H groups in total. The zero-order valence-electron chi connectivity index (χ0n) is 14.4. The van der Waals surface area contributed by atoms with Crippen molar-refractivity contribution >= 4 is 6.03 Å². The zero-order chi connectivity index (χ0) is 17.5. The van der Waals surface area contributed by atoms with Gasteiger partial charge >= 0.3 is 6.03 Å². The molecule has 0 saturated carbocycles. The lowest BCUT2D eigenvalue weighted by Crippen LogP contribution is -2.40. The molecule has 2 amide bonds. The summed E-state index contributed by atoms with van der Waals surface area (Å²) >= 11 is 0. The van der Waals surface area contributed by atoms with E-state index in [1.54, 1.807) is 6.20 Å². The van der Waals surface area contributed by atoms with Crippen molar-refractivity contribution in [3.05, 3.63) is 65.0 Å². The van der Waals surface area contributed by atoms with Crippen molar-refractivity contribution in [2.75, 3.05) is 0 Å². The number of benzene rings is 1. The maximum Gasteiger partial charge on any atom is 0.315 e. The van der Waals surface area contributed by atoms with Gasteiger partial charge in [-0.1, -0.05) is 44.2 Å². The van der Waals surface area contributed by atoms with Gasteiger partial charge in [0.2, 0.25) is 0 Å². The highest BCUT2D eigenvalue weighted by Gasteiger charge is 2.21. The molecule has 5 heteroatoms. The summed E-state index contributed by atoms with van der Waals surface area (Å²) < 4.78 is 0. The summed E-state index contributed by atoms with van der Waals surface area (Å²) in [6.45, 7) is 6.44. The fourth-order valence-corrected chi connectivity index (χ4v) is 2.63. The molecule has 0 bridgehead atoms. The molecule has 0 aliphatic carbocycles. The van der Waals surface area contributed by atoms with Crippen LogP contribution in [0.2, 0.25) is 0 Å². The first-order chi connectivity index (χ1) is 11.5. The van der Waals surface area contributed by atoms with Gasteiger partial charge in [-0.25, -0.2) is 4.79 Å². The fraction of sp³-hybridized carbons (Fsp3) is 0.368. The average molecular weight is 327 g/mol. The molecule has 1 heterocycles. The number of urea groups is 1. The molecule has 0 saturated heterocycles. The minimum absolute atomic E-state index is 0.0405. The number of nitrogens with one attached hydrogen (secondary N) is 2. The lowest BCUT2D eigenvalue weighted by atomic mass is 9.97. The summed E-state index contributed by atoms with van der Waals surface area (Å²) in [4.78, 5) is 16.7. The summed E-state index contributed by atoms with van der Waals surface area (Å²) in [5.41, 5.74) is 3.67. The second kappa shape index (κ2) is 8.45. The number of rotatable bonds is 6. The molecule has 24 heavy (non-hydrogen) atoms. The molecular formula is C19H25N3O2. The van der Waals surface area contributed by atoms with Crippen LogP contribution in [0.1, 0.15) is 42.3 Å². The van der Waals surface area contributed by atoms with Gasteiger partial charge in [0.15, 0.2) is 0 Å². The highest BCUT2D eigenvalue weighted by atomic mass is 16.3. The van der Waals surface area contributed by atoms with Crippen molar-refractivity contribution in [1.29, 1.82) is 0 Å². The van der Waals surface area contributed by atoms with Crippen LogP contribution in [-0.2, 0) is 13.2 Å². The van der Waals surface area contributed by atoms with Crippen molar-refractivity contribution in [1.82, 2.24) is 15.6 Å². The Bertz CT molecular complexity index is 686. The number of amides is 2. The number of pyridine rings is 1. The summed E-state index contributed by atoms with van der Waals surface area (Å²) in [6.07, 6.45) is 1.74. The van der Waals surface area contributed by atoms with Crippen LogP contribution in [0, 0.1) is 12.8 Å². The van der Waals surface area contributed by atoms with Gasteiger partial charge in [-0.05, 0) is 35.6 Å². The van der Waals surface area contributed by atoms with Gasteiger partial charge in [-0.2, -0.15) is 0 Å². The Balaban J connectivity index is 2.03. The second-order valence-corrected chi connectivity index (χ2v) is 6.18. The number of nitrogens with zero attached hydrogens (tertiary/aromatic N) is 1. The lowest BCUT2D eigenvalue weighted by molar-refractivity contribution is 0.232. The highest BCUT2D eigenvalue weighted by Crippen LogP contribution is 2.22.